The Hall–Kier alpha value is -0.670. The summed E-state index contributed by atoms with van der Waals surface area (Å²) in [5.41, 5.74) is 2.57. The van der Waals surface area contributed by atoms with E-state index in [2.05, 4.69) is 36.7 Å². The second-order valence-electron chi connectivity index (χ2n) is 5.39. The number of hydrogen-bond donors (Lipinski definition) is 1. The Kier molecular flexibility index (Phi) is 5.59. The van der Waals surface area contributed by atoms with Crippen molar-refractivity contribution in [1.29, 1.82) is 0 Å². The molecule has 0 amide bonds. The van der Waals surface area contributed by atoms with Crippen molar-refractivity contribution in [3.63, 3.8) is 0 Å². The fourth-order valence-electron chi connectivity index (χ4n) is 2.82. The molecule has 1 aliphatic rings. The van der Waals surface area contributed by atoms with E-state index >= 15 is 0 Å². The highest BCUT2D eigenvalue weighted by Crippen LogP contribution is 2.27. The SMILES string of the molecule is COc1ccc(CNC2CCC(SC)CC2)cc1C. The number of hydrogen-bond acceptors (Lipinski definition) is 3. The first kappa shape index (κ1) is 14.7. The van der Waals surface area contributed by atoms with Crippen molar-refractivity contribution >= 4 is 11.8 Å². The maximum absolute atomic E-state index is 5.30. The summed E-state index contributed by atoms with van der Waals surface area (Å²) in [6, 6.07) is 7.15. The van der Waals surface area contributed by atoms with E-state index in [4.69, 9.17) is 4.74 Å². The van der Waals surface area contributed by atoms with E-state index < -0.39 is 0 Å². The van der Waals surface area contributed by atoms with Crippen molar-refractivity contribution in [2.75, 3.05) is 13.4 Å². The molecule has 1 aromatic rings. The van der Waals surface area contributed by atoms with Gasteiger partial charge < -0.3 is 10.1 Å². The second-order valence-corrected chi connectivity index (χ2v) is 6.53. The zero-order valence-electron chi connectivity index (χ0n) is 12.2. The molecule has 19 heavy (non-hydrogen) atoms. The number of ether oxygens (including phenoxy) is 1. The van der Waals surface area contributed by atoms with E-state index in [1.165, 1.54) is 36.8 Å². The summed E-state index contributed by atoms with van der Waals surface area (Å²) in [4.78, 5) is 0. The van der Waals surface area contributed by atoms with Gasteiger partial charge in [-0.3, -0.25) is 0 Å². The molecular formula is C16H25NOS. The van der Waals surface area contributed by atoms with Gasteiger partial charge in [-0.1, -0.05) is 12.1 Å². The molecule has 1 saturated carbocycles. The van der Waals surface area contributed by atoms with Gasteiger partial charge in [0.1, 0.15) is 5.75 Å². The lowest BCUT2D eigenvalue weighted by Crippen LogP contribution is -2.33. The molecule has 0 atom stereocenters. The third kappa shape index (κ3) is 4.15. The summed E-state index contributed by atoms with van der Waals surface area (Å²) in [5, 5.41) is 4.59. The monoisotopic (exact) mass is 279 g/mol. The van der Waals surface area contributed by atoms with Gasteiger partial charge in [0.15, 0.2) is 0 Å². The quantitative estimate of drug-likeness (QED) is 0.886. The summed E-state index contributed by atoms with van der Waals surface area (Å²) >= 11 is 2.03. The Morgan fingerprint density at radius 3 is 2.58 bits per heavy atom. The first-order chi connectivity index (χ1) is 9.22. The predicted octanol–water partition coefficient (Wildman–Crippen LogP) is 3.77. The summed E-state index contributed by atoms with van der Waals surface area (Å²) in [5.74, 6) is 0.976. The number of methoxy groups -OCH3 is 1. The van der Waals surface area contributed by atoms with Crippen molar-refractivity contribution in [3.05, 3.63) is 29.3 Å². The van der Waals surface area contributed by atoms with Gasteiger partial charge in [0.2, 0.25) is 0 Å². The Labute approximate surface area is 121 Å². The van der Waals surface area contributed by atoms with Crippen LogP contribution in [0.5, 0.6) is 5.75 Å². The van der Waals surface area contributed by atoms with Crippen LogP contribution in [0.1, 0.15) is 36.8 Å². The molecule has 0 radical (unpaired) electrons. The van der Waals surface area contributed by atoms with E-state index in [1.807, 2.05) is 11.8 Å². The molecule has 1 aliphatic carbocycles. The van der Waals surface area contributed by atoms with Crippen molar-refractivity contribution in [1.82, 2.24) is 5.32 Å². The first-order valence-corrected chi connectivity index (χ1v) is 8.41. The molecule has 0 saturated heterocycles. The summed E-state index contributed by atoms with van der Waals surface area (Å²) in [6.45, 7) is 3.07. The standard InChI is InChI=1S/C16H25NOS/c1-12-10-13(4-9-16(12)18-2)11-17-14-5-7-15(19-3)8-6-14/h4,9-10,14-15,17H,5-8,11H2,1-3H3. The molecule has 0 bridgehead atoms. The van der Waals surface area contributed by atoms with E-state index in [-0.39, 0.29) is 0 Å². The van der Waals surface area contributed by atoms with Crippen molar-refractivity contribution in [2.24, 2.45) is 0 Å². The van der Waals surface area contributed by atoms with Crippen LogP contribution in [0.3, 0.4) is 0 Å². The van der Waals surface area contributed by atoms with E-state index in [1.54, 1.807) is 7.11 Å². The lowest BCUT2D eigenvalue weighted by Gasteiger charge is -2.28. The normalized spacial score (nSPS) is 23.3. The van der Waals surface area contributed by atoms with Gasteiger partial charge in [-0.05, 0) is 56.1 Å². The molecule has 1 aromatic carbocycles. The van der Waals surface area contributed by atoms with Crippen molar-refractivity contribution < 1.29 is 4.74 Å². The minimum atomic E-state index is 0.700. The Balaban J connectivity index is 1.81. The van der Waals surface area contributed by atoms with Crippen LogP contribution < -0.4 is 10.1 Å². The highest BCUT2D eigenvalue weighted by Gasteiger charge is 2.19. The average Bonchev–Trinajstić information content (AvgIpc) is 2.46. The second kappa shape index (κ2) is 7.20. The number of nitrogens with one attached hydrogen (secondary N) is 1. The zero-order chi connectivity index (χ0) is 13.7. The predicted molar refractivity (Wildman–Crippen MR) is 84.1 cm³/mol. The molecule has 0 unspecified atom stereocenters. The van der Waals surface area contributed by atoms with Gasteiger partial charge in [0.25, 0.3) is 0 Å². The summed E-state index contributed by atoms with van der Waals surface area (Å²) in [6.07, 6.45) is 7.60. The molecule has 2 nitrogen and oxygen atoms in total. The lowest BCUT2D eigenvalue weighted by molar-refractivity contribution is 0.378. The molecule has 2 rings (SSSR count). The number of aryl methyl sites for hydroxylation is 1. The first-order valence-electron chi connectivity index (χ1n) is 7.12. The summed E-state index contributed by atoms with van der Waals surface area (Å²) < 4.78 is 5.30. The average molecular weight is 279 g/mol. The van der Waals surface area contributed by atoms with Crippen LogP contribution >= 0.6 is 11.8 Å². The summed E-state index contributed by atoms with van der Waals surface area (Å²) in [7, 11) is 1.73. The molecule has 1 fully saturated rings. The smallest absolute Gasteiger partial charge is 0.121 e. The molecule has 0 spiro atoms. The van der Waals surface area contributed by atoms with Crippen molar-refractivity contribution in [3.8, 4) is 5.75 Å². The minimum absolute atomic E-state index is 0.700. The van der Waals surface area contributed by atoms with Gasteiger partial charge in [0, 0.05) is 17.8 Å². The Morgan fingerprint density at radius 1 is 1.26 bits per heavy atom. The van der Waals surface area contributed by atoms with Gasteiger partial charge in [-0.25, -0.2) is 0 Å². The fraction of sp³-hybridized carbons (Fsp3) is 0.625. The molecule has 3 heteroatoms. The van der Waals surface area contributed by atoms with Crippen LogP contribution in [0, 0.1) is 6.92 Å². The maximum atomic E-state index is 5.30. The topological polar surface area (TPSA) is 21.3 Å². The molecule has 1 N–H and O–H groups in total. The van der Waals surface area contributed by atoms with Gasteiger partial charge in [-0.2, -0.15) is 11.8 Å². The van der Waals surface area contributed by atoms with Crippen LogP contribution in [0.15, 0.2) is 18.2 Å². The number of thioether (sulfide) groups is 1. The lowest BCUT2D eigenvalue weighted by atomic mass is 9.95. The van der Waals surface area contributed by atoms with Crippen molar-refractivity contribution in [2.45, 2.75) is 50.4 Å². The third-order valence-corrected chi connectivity index (χ3v) is 5.20. The van der Waals surface area contributed by atoms with Gasteiger partial charge in [0.05, 0.1) is 7.11 Å². The fourth-order valence-corrected chi connectivity index (χ4v) is 3.56. The van der Waals surface area contributed by atoms with Crippen LogP contribution in [-0.2, 0) is 6.54 Å². The maximum Gasteiger partial charge on any atom is 0.121 e. The molecule has 0 aliphatic heterocycles. The van der Waals surface area contributed by atoms with Crippen LogP contribution in [-0.4, -0.2) is 24.7 Å². The molecule has 106 valence electrons. The largest absolute Gasteiger partial charge is 0.496 e. The van der Waals surface area contributed by atoms with E-state index in [0.29, 0.717) is 6.04 Å². The molecule has 0 aromatic heterocycles. The number of rotatable bonds is 5. The van der Waals surface area contributed by atoms with Crippen LogP contribution in [0.25, 0.3) is 0 Å². The highest BCUT2D eigenvalue weighted by atomic mass is 32.2. The molecular weight excluding hydrogens is 254 g/mol. The number of benzene rings is 1. The van der Waals surface area contributed by atoms with Crippen LogP contribution in [0.2, 0.25) is 0 Å². The van der Waals surface area contributed by atoms with Gasteiger partial charge >= 0.3 is 0 Å². The van der Waals surface area contributed by atoms with E-state index in [9.17, 15) is 0 Å². The zero-order valence-corrected chi connectivity index (χ0v) is 13.1. The molecule has 0 heterocycles. The van der Waals surface area contributed by atoms with E-state index in [0.717, 1.165) is 17.5 Å². The highest BCUT2D eigenvalue weighted by molar-refractivity contribution is 7.99. The Bertz CT molecular complexity index is 400. The van der Waals surface area contributed by atoms with Crippen LogP contribution in [0.4, 0.5) is 0 Å². The Morgan fingerprint density at radius 2 is 2.00 bits per heavy atom. The minimum Gasteiger partial charge on any atom is -0.496 e. The van der Waals surface area contributed by atoms with Gasteiger partial charge in [-0.15, -0.1) is 0 Å². The third-order valence-electron chi connectivity index (χ3n) is 4.06.